The molecule has 2 heterocycles. The van der Waals surface area contributed by atoms with Crippen LogP contribution >= 0.6 is 0 Å². The van der Waals surface area contributed by atoms with Gasteiger partial charge < -0.3 is 0 Å². The largest absolute Gasteiger partial charge is 0.256 e. The molecule has 0 amide bonds. The maximum Gasteiger partial charge on any atom is 0.220 e. The fraction of sp³-hybridized carbons (Fsp3) is 0.167. The SMILES string of the molecule is Cc1cc(C)c(C)c(-c2c3cc(-c4ccccn4)ccc3cc[n+]2C)c1. The van der Waals surface area contributed by atoms with Crippen molar-refractivity contribution in [1.29, 1.82) is 0 Å². The van der Waals surface area contributed by atoms with Crippen LogP contribution in [0.25, 0.3) is 33.3 Å². The molecule has 128 valence electrons. The third-order valence-electron chi connectivity index (χ3n) is 5.17. The average molecular weight is 339 g/mol. The first-order chi connectivity index (χ1) is 12.5. The first-order valence-corrected chi connectivity index (χ1v) is 8.96. The smallest absolute Gasteiger partial charge is 0.220 e. The van der Waals surface area contributed by atoms with Gasteiger partial charge in [0.05, 0.1) is 16.6 Å². The van der Waals surface area contributed by atoms with Crippen molar-refractivity contribution < 1.29 is 4.57 Å². The van der Waals surface area contributed by atoms with Gasteiger partial charge in [-0.25, -0.2) is 4.57 Å². The third-order valence-corrected chi connectivity index (χ3v) is 5.17. The zero-order valence-corrected chi connectivity index (χ0v) is 15.7. The third kappa shape index (κ3) is 2.78. The van der Waals surface area contributed by atoms with Crippen molar-refractivity contribution in [3.63, 3.8) is 0 Å². The van der Waals surface area contributed by atoms with Gasteiger partial charge >= 0.3 is 0 Å². The van der Waals surface area contributed by atoms with E-state index >= 15 is 0 Å². The second kappa shape index (κ2) is 6.38. The Morgan fingerprint density at radius 1 is 0.885 bits per heavy atom. The molecule has 2 nitrogen and oxygen atoms in total. The first kappa shape index (κ1) is 16.5. The summed E-state index contributed by atoms with van der Waals surface area (Å²) in [6.45, 7) is 6.57. The number of aromatic nitrogens is 2. The minimum absolute atomic E-state index is 1.00. The van der Waals surface area contributed by atoms with Crippen molar-refractivity contribution in [2.24, 2.45) is 7.05 Å². The number of fused-ring (bicyclic) bond motifs is 1. The molecule has 0 aliphatic heterocycles. The highest BCUT2D eigenvalue weighted by atomic mass is 14.9. The Balaban J connectivity index is 2.04. The van der Waals surface area contributed by atoms with Gasteiger partial charge in [-0.2, -0.15) is 0 Å². The lowest BCUT2D eigenvalue weighted by molar-refractivity contribution is -0.659. The Kier molecular flexibility index (Phi) is 4.04. The first-order valence-electron chi connectivity index (χ1n) is 8.96. The van der Waals surface area contributed by atoms with Crippen LogP contribution in [0.1, 0.15) is 16.7 Å². The van der Waals surface area contributed by atoms with E-state index in [-0.39, 0.29) is 0 Å². The van der Waals surface area contributed by atoms with Gasteiger partial charge in [-0.15, -0.1) is 0 Å². The molecule has 2 aromatic carbocycles. The monoisotopic (exact) mass is 339 g/mol. The highest BCUT2D eigenvalue weighted by molar-refractivity contribution is 5.96. The number of rotatable bonds is 2. The molecule has 0 N–H and O–H groups in total. The van der Waals surface area contributed by atoms with Crippen molar-refractivity contribution >= 4 is 10.8 Å². The molecule has 0 aliphatic rings. The van der Waals surface area contributed by atoms with Gasteiger partial charge in [0.25, 0.3) is 0 Å². The van der Waals surface area contributed by atoms with Crippen LogP contribution in [0.4, 0.5) is 0 Å². The Labute approximate surface area is 154 Å². The van der Waals surface area contributed by atoms with Crippen molar-refractivity contribution in [2.45, 2.75) is 20.8 Å². The Hall–Kier alpha value is -3.00. The molecule has 0 fully saturated rings. The Bertz CT molecular complexity index is 1110. The predicted octanol–water partition coefficient (Wildman–Crippen LogP) is 5.32. The summed E-state index contributed by atoms with van der Waals surface area (Å²) in [4.78, 5) is 4.52. The Morgan fingerprint density at radius 2 is 1.73 bits per heavy atom. The predicted molar refractivity (Wildman–Crippen MR) is 108 cm³/mol. The van der Waals surface area contributed by atoms with Crippen LogP contribution in [0.5, 0.6) is 0 Å². The molecule has 2 heteroatoms. The number of aryl methyl sites for hydroxylation is 3. The molecule has 0 atom stereocenters. The lowest BCUT2D eigenvalue weighted by Gasteiger charge is -2.12. The lowest BCUT2D eigenvalue weighted by Crippen LogP contribution is -2.30. The molecule has 0 saturated heterocycles. The van der Waals surface area contributed by atoms with Crippen LogP contribution in [-0.4, -0.2) is 4.98 Å². The van der Waals surface area contributed by atoms with E-state index in [4.69, 9.17) is 0 Å². The standard InChI is InChI=1S/C24H23N2/c1-16-13-17(2)18(3)21(14-16)24-22-15-20(23-7-5-6-11-25-23)9-8-19(22)10-12-26(24)4/h5-15H,1-4H3/q+1. The average Bonchev–Trinajstić information content (AvgIpc) is 2.65. The minimum Gasteiger partial charge on any atom is -0.256 e. The minimum atomic E-state index is 1.00. The maximum absolute atomic E-state index is 4.52. The molecule has 0 radical (unpaired) electrons. The van der Waals surface area contributed by atoms with Crippen molar-refractivity contribution in [1.82, 2.24) is 4.98 Å². The maximum atomic E-state index is 4.52. The van der Waals surface area contributed by atoms with Crippen molar-refractivity contribution in [2.75, 3.05) is 0 Å². The quantitative estimate of drug-likeness (QED) is 0.452. The van der Waals surface area contributed by atoms with E-state index in [2.05, 4.69) is 86.0 Å². The summed E-state index contributed by atoms with van der Waals surface area (Å²) in [5, 5.41) is 2.50. The van der Waals surface area contributed by atoms with Crippen LogP contribution < -0.4 is 4.57 Å². The van der Waals surface area contributed by atoms with Gasteiger partial charge in [0, 0.05) is 17.8 Å². The molecule has 0 spiro atoms. The molecule has 0 bridgehead atoms. The molecule has 0 unspecified atom stereocenters. The normalized spacial score (nSPS) is 11.1. The summed E-state index contributed by atoms with van der Waals surface area (Å²) in [5.41, 5.74) is 8.66. The van der Waals surface area contributed by atoms with Crippen molar-refractivity contribution in [3.8, 4) is 22.5 Å². The van der Waals surface area contributed by atoms with Crippen molar-refractivity contribution in [3.05, 3.63) is 83.7 Å². The van der Waals surface area contributed by atoms with E-state index in [1.54, 1.807) is 0 Å². The van der Waals surface area contributed by atoms with Gasteiger partial charge in [-0.3, -0.25) is 4.98 Å². The van der Waals surface area contributed by atoms with Gasteiger partial charge in [0.15, 0.2) is 6.20 Å². The summed E-state index contributed by atoms with van der Waals surface area (Å²) in [6.07, 6.45) is 3.99. The fourth-order valence-corrected chi connectivity index (χ4v) is 3.68. The van der Waals surface area contributed by atoms with Crippen LogP contribution in [0, 0.1) is 20.8 Å². The molecule has 26 heavy (non-hydrogen) atoms. The molecule has 4 rings (SSSR count). The van der Waals surface area contributed by atoms with E-state index in [0.29, 0.717) is 0 Å². The fourth-order valence-electron chi connectivity index (χ4n) is 3.68. The number of nitrogens with zero attached hydrogens (tertiary/aromatic N) is 2. The van der Waals surface area contributed by atoms with E-state index < -0.39 is 0 Å². The second-order valence-corrected chi connectivity index (χ2v) is 7.05. The van der Waals surface area contributed by atoms with Crippen LogP contribution in [0.15, 0.2) is 67.0 Å². The lowest BCUT2D eigenvalue weighted by atomic mass is 9.93. The summed E-state index contributed by atoms with van der Waals surface area (Å²) in [6, 6.07) is 19.4. The van der Waals surface area contributed by atoms with Gasteiger partial charge in [-0.05, 0) is 61.5 Å². The number of hydrogen-bond donors (Lipinski definition) is 0. The van der Waals surface area contributed by atoms with E-state index in [9.17, 15) is 0 Å². The van der Waals surface area contributed by atoms with E-state index in [1.807, 2.05) is 18.3 Å². The highest BCUT2D eigenvalue weighted by Gasteiger charge is 2.19. The van der Waals surface area contributed by atoms with E-state index in [1.165, 1.54) is 38.7 Å². The number of pyridine rings is 2. The summed E-state index contributed by atoms with van der Waals surface area (Å²) in [5.74, 6) is 0. The molecule has 0 saturated carbocycles. The van der Waals surface area contributed by atoms with Crippen LogP contribution in [-0.2, 0) is 7.05 Å². The Morgan fingerprint density at radius 3 is 2.50 bits per heavy atom. The summed E-state index contributed by atoms with van der Waals surface area (Å²) >= 11 is 0. The molecule has 4 aromatic rings. The number of benzene rings is 2. The van der Waals surface area contributed by atoms with Gasteiger partial charge in [0.1, 0.15) is 7.05 Å². The summed E-state index contributed by atoms with van der Waals surface area (Å²) in [7, 11) is 2.12. The zero-order chi connectivity index (χ0) is 18.3. The molecular weight excluding hydrogens is 316 g/mol. The van der Waals surface area contributed by atoms with Gasteiger partial charge in [-0.1, -0.05) is 29.8 Å². The molecule has 0 aliphatic carbocycles. The van der Waals surface area contributed by atoms with Gasteiger partial charge in [0.2, 0.25) is 5.69 Å². The molecular formula is C24H23N2+. The zero-order valence-electron chi connectivity index (χ0n) is 15.7. The van der Waals surface area contributed by atoms with E-state index in [0.717, 1.165) is 11.3 Å². The number of hydrogen-bond acceptors (Lipinski definition) is 1. The van der Waals surface area contributed by atoms with Crippen LogP contribution in [0.2, 0.25) is 0 Å². The summed E-state index contributed by atoms with van der Waals surface area (Å²) < 4.78 is 2.23. The van der Waals surface area contributed by atoms with Crippen LogP contribution in [0.3, 0.4) is 0 Å². The highest BCUT2D eigenvalue weighted by Crippen LogP contribution is 2.32. The second-order valence-electron chi connectivity index (χ2n) is 7.05. The molecule has 2 aromatic heterocycles. The topological polar surface area (TPSA) is 16.8 Å².